The van der Waals surface area contributed by atoms with Gasteiger partial charge in [-0.25, -0.2) is 8.78 Å². The summed E-state index contributed by atoms with van der Waals surface area (Å²) in [5.74, 6) is -1.12. The van der Waals surface area contributed by atoms with Gasteiger partial charge in [-0.05, 0) is 24.0 Å². The van der Waals surface area contributed by atoms with Crippen LogP contribution < -0.4 is 5.73 Å². The Balaban J connectivity index is 2.51. The quantitative estimate of drug-likeness (QED) is 0.759. The van der Waals surface area contributed by atoms with Crippen molar-refractivity contribution in [3.8, 4) is 0 Å². The van der Waals surface area contributed by atoms with Crippen LogP contribution in [0.15, 0.2) is 12.1 Å². The number of halogens is 2. The first-order valence-corrected chi connectivity index (χ1v) is 5.07. The van der Waals surface area contributed by atoms with Crippen molar-refractivity contribution in [2.24, 2.45) is 11.1 Å². The van der Waals surface area contributed by atoms with Gasteiger partial charge in [0.2, 0.25) is 0 Å². The number of rotatable bonds is 1. The summed E-state index contributed by atoms with van der Waals surface area (Å²) in [6.07, 6.45) is 0. The van der Waals surface area contributed by atoms with E-state index < -0.39 is 11.6 Å². The van der Waals surface area contributed by atoms with Gasteiger partial charge >= 0.3 is 0 Å². The molecule has 2 N–H and O–H groups in total. The molecule has 3 heteroatoms. The second-order valence-electron chi connectivity index (χ2n) is 4.92. The number of benzene rings is 1. The molecule has 2 rings (SSSR count). The summed E-state index contributed by atoms with van der Waals surface area (Å²) in [5.41, 5.74) is 6.27. The Hall–Kier alpha value is -0.960. The predicted molar refractivity (Wildman–Crippen MR) is 55.6 cm³/mol. The maximum Gasteiger partial charge on any atom is 0.132 e. The van der Waals surface area contributed by atoms with E-state index in [1.165, 1.54) is 12.1 Å². The average molecular weight is 211 g/mol. The third-order valence-corrected chi connectivity index (χ3v) is 3.54. The first kappa shape index (κ1) is 10.6. The fourth-order valence-electron chi connectivity index (χ4n) is 2.19. The van der Waals surface area contributed by atoms with Crippen molar-refractivity contribution < 1.29 is 8.78 Å². The van der Waals surface area contributed by atoms with Gasteiger partial charge in [0.05, 0.1) is 0 Å². The Morgan fingerprint density at radius 1 is 1.27 bits per heavy atom. The Morgan fingerprint density at radius 3 is 2.27 bits per heavy atom. The highest BCUT2D eigenvalue weighted by Gasteiger charge is 2.58. The third-order valence-electron chi connectivity index (χ3n) is 3.54. The van der Waals surface area contributed by atoms with Gasteiger partial charge in [0, 0.05) is 17.5 Å². The van der Waals surface area contributed by atoms with E-state index >= 15 is 0 Å². The summed E-state index contributed by atoms with van der Waals surface area (Å²) in [6.45, 7) is 5.51. The van der Waals surface area contributed by atoms with Gasteiger partial charge in [-0.3, -0.25) is 0 Å². The van der Waals surface area contributed by atoms with Crippen LogP contribution in [0.25, 0.3) is 0 Å². The van der Waals surface area contributed by atoms with E-state index in [1.807, 2.05) is 13.8 Å². The van der Waals surface area contributed by atoms with Crippen molar-refractivity contribution in [1.29, 1.82) is 0 Å². The molecule has 0 radical (unpaired) electrons. The van der Waals surface area contributed by atoms with E-state index in [0.717, 1.165) is 0 Å². The molecule has 1 saturated carbocycles. The van der Waals surface area contributed by atoms with Gasteiger partial charge in [-0.15, -0.1) is 0 Å². The highest BCUT2D eigenvalue weighted by Crippen LogP contribution is 2.58. The first-order chi connectivity index (χ1) is 6.87. The van der Waals surface area contributed by atoms with Crippen LogP contribution in [0, 0.1) is 24.0 Å². The van der Waals surface area contributed by atoms with Gasteiger partial charge in [0.1, 0.15) is 11.6 Å². The van der Waals surface area contributed by atoms with Crippen molar-refractivity contribution in [2.75, 3.05) is 0 Å². The lowest BCUT2D eigenvalue weighted by atomic mass is 10.00. The van der Waals surface area contributed by atoms with Crippen molar-refractivity contribution in [1.82, 2.24) is 0 Å². The fourth-order valence-corrected chi connectivity index (χ4v) is 2.19. The fraction of sp³-hybridized carbons (Fsp3) is 0.500. The van der Waals surface area contributed by atoms with E-state index in [-0.39, 0.29) is 22.9 Å². The normalized spacial score (nSPS) is 27.9. The van der Waals surface area contributed by atoms with Gasteiger partial charge < -0.3 is 5.73 Å². The lowest BCUT2D eigenvalue weighted by Gasteiger charge is -2.08. The monoisotopic (exact) mass is 211 g/mol. The van der Waals surface area contributed by atoms with Gasteiger partial charge in [-0.1, -0.05) is 19.9 Å². The van der Waals surface area contributed by atoms with Crippen LogP contribution in [0.3, 0.4) is 0 Å². The molecule has 1 fully saturated rings. The summed E-state index contributed by atoms with van der Waals surface area (Å²) in [7, 11) is 0. The third kappa shape index (κ3) is 1.37. The van der Waals surface area contributed by atoms with Crippen LogP contribution in [0.4, 0.5) is 8.78 Å². The molecule has 0 spiro atoms. The maximum absolute atomic E-state index is 13.8. The van der Waals surface area contributed by atoms with Crippen LogP contribution in [-0.4, -0.2) is 6.04 Å². The minimum absolute atomic E-state index is 0.150. The van der Waals surface area contributed by atoms with E-state index in [9.17, 15) is 8.78 Å². The van der Waals surface area contributed by atoms with Crippen LogP contribution in [0.5, 0.6) is 0 Å². The second kappa shape index (κ2) is 3.01. The SMILES string of the molecule is Cc1ccc(F)c([C@@H]2[C@@H](N)C2(C)C)c1F. The predicted octanol–water partition coefficient (Wildman–Crippen LogP) is 2.72. The summed E-state index contributed by atoms with van der Waals surface area (Å²) in [6, 6.07) is 2.62. The molecule has 1 aliphatic rings. The highest BCUT2D eigenvalue weighted by molar-refractivity contribution is 5.38. The second-order valence-corrected chi connectivity index (χ2v) is 4.92. The average Bonchev–Trinajstić information content (AvgIpc) is 2.63. The van der Waals surface area contributed by atoms with Gasteiger partial charge in [0.15, 0.2) is 0 Å². The van der Waals surface area contributed by atoms with Gasteiger partial charge in [-0.2, -0.15) is 0 Å². The van der Waals surface area contributed by atoms with Crippen LogP contribution >= 0.6 is 0 Å². The van der Waals surface area contributed by atoms with Crippen LogP contribution in [0.2, 0.25) is 0 Å². The number of aryl methyl sites for hydroxylation is 1. The minimum atomic E-state index is -0.482. The summed E-state index contributed by atoms with van der Waals surface area (Å²) in [4.78, 5) is 0. The molecule has 0 aliphatic heterocycles. The Labute approximate surface area is 88.3 Å². The molecular weight excluding hydrogens is 196 g/mol. The molecule has 1 aromatic carbocycles. The lowest BCUT2D eigenvalue weighted by Crippen LogP contribution is -2.07. The molecule has 0 heterocycles. The van der Waals surface area contributed by atoms with E-state index in [4.69, 9.17) is 5.73 Å². The van der Waals surface area contributed by atoms with Gasteiger partial charge in [0.25, 0.3) is 0 Å². The first-order valence-electron chi connectivity index (χ1n) is 5.07. The molecule has 0 unspecified atom stereocenters. The molecule has 1 aromatic rings. The molecule has 0 saturated heterocycles. The topological polar surface area (TPSA) is 26.0 Å². The van der Waals surface area contributed by atoms with Crippen LogP contribution in [-0.2, 0) is 0 Å². The van der Waals surface area contributed by atoms with Crippen LogP contribution in [0.1, 0.15) is 30.9 Å². The zero-order chi connectivity index (χ0) is 11.4. The number of hydrogen-bond donors (Lipinski definition) is 1. The summed E-state index contributed by atoms with van der Waals surface area (Å²) in [5, 5.41) is 0. The largest absolute Gasteiger partial charge is 0.327 e. The summed E-state index contributed by atoms with van der Waals surface area (Å²) < 4.78 is 27.3. The van der Waals surface area contributed by atoms with E-state index in [1.54, 1.807) is 6.92 Å². The molecule has 0 amide bonds. The Morgan fingerprint density at radius 2 is 1.80 bits per heavy atom. The standard InChI is InChI=1S/C12H15F2N/c1-6-4-5-7(13)8(10(6)14)9-11(15)12(9,2)3/h4-5,9,11H,15H2,1-3H3/t9-,11-/m1/s1. The molecule has 15 heavy (non-hydrogen) atoms. The smallest absolute Gasteiger partial charge is 0.132 e. The molecular formula is C12H15F2N. The number of nitrogens with two attached hydrogens (primary N) is 1. The molecule has 2 atom stereocenters. The molecule has 82 valence electrons. The van der Waals surface area contributed by atoms with Crippen molar-refractivity contribution in [3.63, 3.8) is 0 Å². The summed E-state index contributed by atoms with van der Waals surface area (Å²) >= 11 is 0. The Kier molecular flexibility index (Phi) is 2.12. The van der Waals surface area contributed by atoms with Crippen molar-refractivity contribution in [2.45, 2.75) is 32.7 Å². The molecule has 1 nitrogen and oxygen atoms in total. The van der Waals surface area contributed by atoms with E-state index in [2.05, 4.69) is 0 Å². The van der Waals surface area contributed by atoms with E-state index in [0.29, 0.717) is 5.56 Å². The lowest BCUT2D eigenvalue weighted by molar-refractivity contribution is 0.526. The van der Waals surface area contributed by atoms with Crippen molar-refractivity contribution >= 4 is 0 Å². The zero-order valence-electron chi connectivity index (χ0n) is 9.14. The molecule has 0 bridgehead atoms. The minimum Gasteiger partial charge on any atom is -0.327 e. The number of hydrogen-bond acceptors (Lipinski definition) is 1. The molecule has 1 aliphatic carbocycles. The molecule has 0 aromatic heterocycles. The Bertz CT molecular complexity index is 412. The highest BCUT2D eigenvalue weighted by atomic mass is 19.1. The zero-order valence-corrected chi connectivity index (χ0v) is 9.14. The maximum atomic E-state index is 13.8. The van der Waals surface area contributed by atoms with Crippen molar-refractivity contribution in [3.05, 3.63) is 34.9 Å².